The molecule has 0 radical (unpaired) electrons. The van der Waals surface area contributed by atoms with E-state index >= 15 is 0 Å². The van der Waals surface area contributed by atoms with Crippen LogP contribution in [0.4, 0.5) is 36.3 Å². The van der Waals surface area contributed by atoms with Gasteiger partial charge in [0.25, 0.3) is 0 Å². The monoisotopic (exact) mass is 620 g/mol. The van der Waals surface area contributed by atoms with Crippen molar-refractivity contribution in [1.29, 1.82) is 0 Å². The molecule has 236 valence electrons. The van der Waals surface area contributed by atoms with Gasteiger partial charge in [0.05, 0.1) is 35.1 Å². The summed E-state index contributed by atoms with van der Waals surface area (Å²) in [5, 5.41) is 15.6. The van der Waals surface area contributed by atoms with Crippen LogP contribution in [0.2, 0.25) is 0 Å². The van der Waals surface area contributed by atoms with E-state index in [4.69, 9.17) is 10.5 Å². The second-order valence-corrected chi connectivity index (χ2v) is 10.6. The summed E-state index contributed by atoms with van der Waals surface area (Å²) >= 11 is 0. The first-order valence-electron chi connectivity index (χ1n) is 13.5. The highest BCUT2D eigenvalue weighted by Gasteiger charge is 2.18. The van der Waals surface area contributed by atoms with E-state index in [1.807, 2.05) is 0 Å². The summed E-state index contributed by atoms with van der Waals surface area (Å²) in [4.78, 5) is 35.6. The minimum absolute atomic E-state index is 0.0994. The average Bonchev–Trinajstić information content (AvgIpc) is 3.56. The SMILES string of the molecule is Cn1cc(C=CC(=O)Nc2ccc(F)cc2N)cn1.Cn1cc(C=CC(=O)Nc2ccc(F)cc2NC(=O)OC(C)(C)C)cn1. The fourth-order valence-electron chi connectivity index (χ4n) is 3.53. The van der Waals surface area contributed by atoms with Crippen molar-refractivity contribution in [3.8, 4) is 0 Å². The van der Waals surface area contributed by atoms with Crippen molar-refractivity contribution in [3.63, 3.8) is 0 Å². The zero-order valence-electron chi connectivity index (χ0n) is 25.3. The zero-order chi connectivity index (χ0) is 33.1. The molecule has 45 heavy (non-hydrogen) atoms. The lowest BCUT2D eigenvalue weighted by Gasteiger charge is -2.20. The van der Waals surface area contributed by atoms with Gasteiger partial charge in [0, 0.05) is 49.8 Å². The Labute approximate surface area is 258 Å². The standard InChI is InChI=1S/C18H21FN4O3.C13H13FN4O/c1-18(2,3)26-17(25)22-15-9-13(19)6-7-14(15)21-16(24)8-5-12-10-20-23(4)11-12;1-18-8-9(7-16-18)2-5-13(19)17-12-4-3-10(14)6-11(12)15/h5-11H,1-4H3,(H,21,24)(H,22,25);2-8H,15H2,1H3,(H,17,19). The van der Waals surface area contributed by atoms with Crippen LogP contribution in [0, 0.1) is 11.6 Å². The molecule has 4 aromatic rings. The second-order valence-electron chi connectivity index (χ2n) is 10.6. The van der Waals surface area contributed by atoms with Gasteiger partial charge in [-0.05, 0) is 69.3 Å². The summed E-state index contributed by atoms with van der Waals surface area (Å²) in [6, 6.07) is 7.45. The zero-order valence-corrected chi connectivity index (χ0v) is 25.3. The number of rotatable bonds is 7. The first kappa shape index (κ1) is 33.7. The smallest absolute Gasteiger partial charge is 0.412 e. The van der Waals surface area contributed by atoms with Crippen LogP contribution in [0.25, 0.3) is 12.2 Å². The maximum atomic E-state index is 13.5. The van der Waals surface area contributed by atoms with Crippen molar-refractivity contribution >= 4 is 52.8 Å². The van der Waals surface area contributed by atoms with E-state index in [0.717, 1.165) is 23.3 Å². The van der Waals surface area contributed by atoms with Crippen molar-refractivity contribution in [2.75, 3.05) is 21.7 Å². The summed E-state index contributed by atoms with van der Waals surface area (Å²) in [6.45, 7) is 5.14. The molecule has 0 atom stereocenters. The molecule has 0 aliphatic rings. The summed E-state index contributed by atoms with van der Waals surface area (Å²) in [5.74, 6) is -1.78. The largest absolute Gasteiger partial charge is 0.444 e. The number of ether oxygens (including phenoxy) is 1. The number of nitrogens with one attached hydrogen (secondary N) is 3. The fourth-order valence-corrected chi connectivity index (χ4v) is 3.53. The third kappa shape index (κ3) is 11.8. The highest BCUT2D eigenvalue weighted by Crippen LogP contribution is 2.24. The number of carbonyl (C=O) groups excluding carboxylic acids is 3. The molecule has 4 rings (SSSR count). The molecule has 0 spiro atoms. The van der Waals surface area contributed by atoms with E-state index in [-0.39, 0.29) is 23.0 Å². The Bertz CT molecular complexity index is 1720. The van der Waals surface area contributed by atoms with Gasteiger partial charge in [-0.1, -0.05) is 0 Å². The quantitative estimate of drug-likeness (QED) is 0.160. The van der Waals surface area contributed by atoms with Gasteiger partial charge in [-0.3, -0.25) is 24.3 Å². The van der Waals surface area contributed by atoms with Gasteiger partial charge in [0.2, 0.25) is 11.8 Å². The van der Waals surface area contributed by atoms with E-state index in [1.54, 1.807) is 81.2 Å². The third-order valence-corrected chi connectivity index (χ3v) is 5.45. The van der Waals surface area contributed by atoms with E-state index in [2.05, 4.69) is 26.1 Å². The first-order valence-corrected chi connectivity index (χ1v) is 13.5. The van der Waals surface area contributed by atoms with Gasteiger partial charge in [-0.15, -0.1) is 0 Å². The number of carbonyl (C=O) groups is 3. The maximum Gasteiger partial charge on any atom is 0.412 e. The molecular weight excluding hydrogens is 586 g/mol. The van der Waals surface area contributed by atoms with Crippen LogP contribution in [0.3, 0.4) is 0 Å². The predicted molar refractivity (Wildman–Crippen MR) is 169 cm³/mol. The van der Waals surface area contributed by atoms with Crippen molar-refractivity contribution in [2.45, 2.75) is 26.4 Å². The Balaban J connectivity index is 0.000000257. The van der Waals surface area contributed by atoms with Crippen molar-refractivity contribution in [2.24, 2.45) is 14.1 Å². The topological polar surface area (TPSA) is 158 Å². The Morgan fingerprint density at radius 2 is 1.27 bits per heavy atom. The molecular formula is C31H34F2N8O4. The summed E-state index contributed by atoms with van der Waals surface area (Å²) in [7, 11) is 3.56. The Morgan fingerprint density at radius 3 is 1.73 bits per heavy atom. The highest BCUT2D eigenvalue weighted by atomic mass is 19.1. The molecule has 2 aromatic carbocycles. The van der Waals surface area contributed by atoms with Crippen molar-refractivity contribution in [1.82, 2.24) is 19.6 Å². The molecule has 0 fully saturated rings. The van der Waals surface area contributed by atoms with Gasteiger partial charge in [0.1, 0.15) is 17.2 Å². The average molecular weight is 621 g/mol. The summed E-state index contributed by atoms with van der Waals surface area (Å²) < 4.78 is 34.7. The van der Waals surface area contributed by atoms with Crippen LogP contribution < -0.4 is 21.7 Å². The van der Waals surface area contributed by atoms with Crippen LogP contribution in [0.15, 0.2) is 73.3 Å². The molecule has 0 saturated carbocycles. The number of nitrogens with zero attached hydrogens (tertiary/aromatic N) is 4. The maximum absolute atomic E-state index is 13.5. The number of nitrogens with two attached hydrogens (primary N) is 1. The van der Waals surface area contributed by atoms with E-state index in [9.17, 15) is 23.2 Å². The Hall–Kier alpha value is -5.79. The third-order valence-electron chi connectivity index (χ3n) is 5.45. The van der Waals surface area contributed by atoms with Crippen LogP contribution in [0.5, 0.6) is 0 Å². The minimum atomic E-state index is -0.746. The molecule has 3 amide bonds. The number of anilines is 4. The first-order chi connectivity index (χ1) is 21.2. The summed E-state index contributed by atoms with van der Waals surface area (Å²) in [6.07, 6.45) is 11.9. The minimum Gasteiger partial charge on any atom is -0.444 e. The molecule has 2 heterocycles. The second kappa shape index (κ2) is 15.1. The lowest BCUT2D eigenvalue weighted by Crippen LogP contribution is -2.27. The van der Waals surface area contributed by atoms with Crippen LogP contribution in [0.1, 0.15) is 31.9 Å². The number of hydrogen-bond acceptors (Lipinski definition) is 7. The molecule has 0 unspecified atom stereocenters. The van der Waals surface area contributed by atoms with Crippen LogP contribution in [-0.2, 0) is 28.4 Å². The van der Waals surface area contributed by atoms with E-state index in [0.29, 0.717) is 5.69 Å². The number of benzene rings is 2. The number of amides is 3. The van der Waals surface area contributed by atoms with E-state index < -0.39 is 29.2 Å². The normalized spacial score (nSPS) is 11.2. The lowest BCUT2D eigenvalue weighted by molar-refractivity contribution is -0.112. The van der Waals surface area contributed by atoms with E-state index in [1.165, 1.54) is 36.4 Å². The highest BCUT2D eigenvalue weighted by molar-refractivity contribution is 6.05. The molecule has 0 aliphatic heterocycles. The number of aryl methyl sites for hydroxylation is 2. The van der Waals surface area contributed by atoms with Gasteiger partial charge in [0.15, 0.2) is 0 Å². The molecule has 0 aliphatic carbocycles. The number of aromatic nitrogens is 4. The van der Waals surface area contributed by atoms with Gasteiger partial charge < -0.3 is 21.1 Å². The number of hydrogen-bond donors (Lipinski definition) is 4. The van der Waals surface area contributed by atoms with Crippen LogP contribution >= 0.6 is 0 Å². The van der Waals surface area contributed by atoms with Crippen molar-refractivity contribution in [3.05, 3.63) is 96.1 Å². The number of halogens is 2. The van der Waals surface area contributed by atoms with Gasteiger partial charge in [-0.2, -0.15) is 10.2 Å². The predicted octanol–water partition coefficient (Wildman–Crippen LogP) is 5.35. The van der Waals surface area contributed by atoms with Crippen molar-refractivity contribution < 1.29 is 27.9 Å². The molecule has 14 heteroatoms. The number of nitrogen functional groups attached to an aromatic ring is 1. The Kier molecular flexibility index (Phi) is 11.3. The molecule has 0 bridgehead atoms. The van der Waals surface area contributed by atoms with Crippen LogP contribution in [-0.4, -0.2) is 43.1 Å². The van der Waals surface area contributed by atoms with Gasteiger partial charge in [-0.25, -0.2) is 13.6 Å². The summed E-state index contributed by atoms with van der Waals surface area (Å²) in [5.41, 5.74) is 7.36. The Morgan fingerprint density at radius 1 is 0.778 bits per heavy atom. The molecule has 2 aromatic heterocycles. The molecule has 0 saturated heterocycles. The van der Waals surface area contributed by atoms with Gasteiger partial charge >= 0.3 is 6.09 Å². The fraction of sp³-hybridized carbons (Fsp3) is 0.194. The molecule has 12 nitrogen and oxygen atoms in total. The lowest BCUT2D eigenvalue weighted by atomic mass is 10.2. The molecule has 5 N–H and O–H groups in total.